The number of imidazole rings is 1. The van der Waals surface area contributed by atoms with E-state index in [1.807, 2.05) is 28.9 Å². The monoisotopic (exact) mass is 148 g/mol. The molecule has 0 atom stereocenters. The van der Waals surface area contributed by atoms with Gasteiger partial charge in [-0.1, -0.05) is 0 Å². The summed E-state index contributed by atoms with van der Waals surface area (Å²) in [6, 6.07) is 3.76. The third kappa shape index (κ3) is 0.929. The van der Waals surface area contributed by atoms with E-state index in [1.54, 1.807) is 6.20 Å². The van der Waals surface area contributed by atoms with Gasteiger partial charge < -0.3 is 9.83 Å². The van der Waals surface area contributed by atoms with Crippen LogP contribution in [0.5, 0.6) is 0 Å². The molecule has 4 nitrogen and oxygen atoms in total. The van der Waals surface area contributed by atoms with Gasteiger partial charge in [0, 0.05) is 24.7 Å². The number of hydrogen-bond acceptors (Lipinski definition) is 3. The van der Waals surface area contributed by atoms with E-state index in [9.17, 15) is 0 Å². The van der Waals surface area contributed by atoms with Gasteiger partial charge in [0.05, 0.1) is 5.69 Å². The number of nitrogens with zero attached hydrogens (tertiary/aromatic N) is 2. The number of aromatic nitrogens is 2. The van der Waals surface area contributed by atoms with Gasteiger partial charge in [0.1, 0.15) is 5.65 Å². The summed E-state index contributed by atoms with van der Waals surface area (Å²) in [6.07, 6.45) is 5.53. The Hall–Kier alpha value is -1.55. The van der Waals surface area contributed by atoms with E-state index >= 15 is 0 Å². The fraction of sp³-hybridized carbons (Fsp3) is 0. The molecule has 2 heterocycles. The Labute approximate surface area is 63.6 Å². The molecular weight excluding hydrogens is 140 g/mol. The maximum atomic E-state index is 5.22. The van der Waals surface area contributed by atoms with Crippen molar-refractivity contribution in [2.75, 3.05) is 5.43 Å². The van der Waals surface area contributed by atoms with Gasteiger partial charge in [-0.3, -0.25) is 5.84 Å². The van der Waals surface area contributed by atoms with Gasteiger partial charge >= 0.3 is 0 Å². The zero-order chi connectivity index (χ0) is 7.68. The second-order valence-electron chi connectivity index (χ2n) is 2.25. The van der Waals surface area contributed by atoms with Crippen molar-refractivity contribution in [3.8, 4) is 0 Å². The maximum Gasteiger partial charge on any atom is 0.138 e. The average Bonchev–Trinajstić information content (AvgIpc) is 2.50. The van der Waals surface area contributed by atoms with Gasteiger partial charge in [-0.2, -0.15) is 0 Å². The van der Waals surface area contributed by atoms with Crippen LogP contribution in [-0.2, 0) is 0 Å². The lowest BCUT2D eigenvalue weighted by Gasteiger charge is -1.98. The Morgan fingerprint density at radius 2 is 2.36 bits per heavy atom. The zero-order valence-electron chi connectivity index (χ0n) is 5.86. The zero-order valence-corrected chi connectivity index (χ0v) is 5.86. The van der Waals surface area contributed by atoms with Crippen molar-refractivity contribution in [2.24, 2.45) is 5.84 Å². The molecule has 0 radical (unpaired) electrons. The van der Waals surface area contributed by atoms with E-state index in [-0.39, 0.29) is 0 Å². The highest BCUT2D eigenvalue weighted by atomic mass is 15.2. The number of hydrogen-bond donors (Lipinski definition) is 2. The number of pyridine rings is 1. The van der Waals surface area contributed by atoms with Crippen molar-refractivity contribution < 1.29 is 0 Å². The molecule has 2 rings (SSSR count). The van der Waals surface area contributed by atoms with Crippen LogP contribution in [0.2, 0.25) is 0 Å². The number of rotatable bonds is 1. The molecule has 2 aromatic rings. The lowest BCUT2D eigenvalue weighted by molar-refractivity contribution is 1.18. The molecule has 0 bridgehead atoms. The molecular formula is C7H8N4. The van der Waals surface area contributed by atoms with Crippen LogP contribution >= 0.6 is 0 Å². The number of nitrogen functional groups attached to an aromatic ring is 1. The number of nitrogens with one attached hydrogen (secondary N) is 1. The second-order valence-corrected chi connectivity index (χ2v) is 2.25. The van der Waals surface area contributed by atoms with Gasteiger partial charge in [0.15, 0.2) is 0 Å². The standard InChI is InChI=1S/C7H8N4/c8-10-6-1-3-11-4-2-9-7(11)5-6/h1-5,10H,8H2. The number of nitrogens with two attached hydrogens (primary N) is 1. The van der Waals surface area contributed by atoms with Crippen LogP contribution < -0.4 is 11.3 Å². The molecule has 4 heteroatoms. The molecule has 0 aliphatic carbocycles. The Bertz CT molecular complexity index is 365. The average molecular weight is 148 g/mol. The molecule has 0 amide bonds. The highest BCUT2D eigenvalue weighted by Gasteiger charge is 1.93. The molecule has 11 heavy (non-hydrogen) atoms. The fourth-order valence-electron chi connectivity index (χ4n) is 1.000. The maximum absolute atomic E-state index is 5.22. The SMILES string of the molecule is NNc1ccn2ccnc2c1. The topological polar surface area (TPSA) is 55.3 Å². The summed E-state index contributed by atoms with van der Waals surface area (Å²) in [5.74, 6) is 5.22. The molecule has 0 unspecified atom stereocenters. The number of hydrazine groups is 1. The van der Waals surface area contributed by atoms with Gasteiger partial charge in [0.2, 0.25) is 0 Å². The highest BCUT2D eigenvalue weighted by Crippen LogP contribution is 2.08. The first-order chi connectivity index (χ1) is 5.40. The minimum absolute atomic E-state index is 0.865. The van der Waals surface area contributed by atoms with Crippen molar-refractivity contribution in [3.63, 3.8) is 0 Å². The molecule has 3 N–H and O–H groups in total. The van der Waals surface area contributed by atoms with E-state index in [0.29, 0.717) is 0 Å². The minimum Gasteiger partial charge on any atom is -0.324 e. The normalized spacial score (nSPS) is 10.3. The van der Waals surface area contributed by atoms with Gasteiger partial charge in [0.25, 0.3) is 0 Å². The van der Waals surface area contributed by atoms with Crippen LogP contribution in [0, 0.1) is 0 Å². The van der Waals surface area contributed by atoms with Crippen LogP contribution in [0.3, 0.4) is 0 Å². The van der Waals surface area contributed by atoms with Crippen molar-refractivity contribution in [1.82, 2.24) is 9.38 Å². The molecule has 0 fully saturated rings. The van der Waals surface area contributed by atoms with E-state index in [2.05, 4.69) is 10.4 Å². The summed E-state index contributed by atoms with van der Waals surface area (Å²) in [6.45, 7) is 0. The van der Waals surface area contributed by atoms with Crippen molar-refractivity contribution in [2.45, 2.75) is 0 Å². The molecule has 0 saturated carbocycles. The quantitative estimate of drug-likeness (QED) is 0.460. The summed E-state index contributed by atoms with van der Waals surface area (Å²) < 4.78 is 1.92. The van der Waals surface area contributed by atoms with Crippen LogP contribution in [0.15, 0.2) is 30.7 Å². The first-order valence-corrected chi connectivity index (χ1v) is 3.29. The summed E-state index contributed by atoms with van der Waals surface area (Å²) >= 11 is 0. The van der Waals surface area contributed by atoms with Crippen molar-refractivity contribution in [3.05, 3.63) is 30.7 Å². The van der Waals surface area contributed by atoms with E-state index in [4.69, 9.17) is 5.84 Å². The summed E-state index contributed by atoms with van der Waals surface area (Å²) in [7, 11) is 0. The van der Waals surface area contributed by atoms with Crippen LogP contribution in [0.4, 0.5) is 5.69 Å². The second kappa shape index (κ2) is 2.25. The predicted molar refractivity (Wildman–Crippen MR) is 43.0 cm³/mol. The van der Waals surface area contributed by atoms with Crippen molar-refractivity contribution in [1.29, 1.82) is 0 Å². The Morgan fingerprint density at radius 1 is 1.45 bits per heavy atom. The smallest absolute Gasteiger partial charge is 0.138 e. The van der Waals surface area contributed by atoms with Crippen LogP contribution in [-0.4, -0.2) is 9.38 Å². The number of fused-ring (bicyclic) bond motifs is 1. The minimum atomic E-state index is 0.865. The van der Waals surface area contributed by atoms with Gasteiger partial charge in [-0.25, -0.2) is 4.98 Å². The van der Waals surface area contributed by atoms with E-state index in [1.165, 1.54) is 0 Å². The third-order valence-corrected chi connectivity index (χ3v) is 1.56. The Balaban J connectivity index is 2.67. The summed E-state index contributed by atoms with van der Waals surface area (Å²) in [5, 5.41) is 0. The molecule has 56 valence electrons. The Kier molecular flexibility index (Phi) is 1.26. The predicted octanol–water partition coefficient (Wildman–Crippen LogP) is 0.620. The van der Waals surface area contributed by atoms with E-state index in [0.717, 1.165) is 11.3 Å². The largest absolute Gasteiger partial charge is 0.324 e. The van der Waals surface area contributed by atoms with Gasteiger partial charge in [-0.05, 0) is 6.07 Å². The fourth-order valence-corrected chi connectivity index (χ4v) is 1.000. The lowest BCUT2D eigenvalue weighted by Crippen LogP contribution is -2.06. The molecule has 0 aromatic carbocycles. The summed E-state index contributed by atoms with van der Waals surface area (Å²) in [5.41, 5.74) is 4.31. The van der Waals surface area contributed by atoms with Crippen molar-refractivity contribution >= 4 is 11.3 Å². The molecule has 0 saturated heterocycles. The third-order valence-electron chi connectivity index (χ3n) is 1.56. The van der Waals surface area contributed by atoms with Gasteiger partial charge in [-0.15, -0.1) is 0 Å². The lowest BCUT2D eigenvalue weighted by atomic mass is 10.4. The highest BCUT2D eigenvalue weighted by molar-refractivity contribution is 5.53. The molecule has 0 aliphatic rings. The van der Waals surface area contributed by atoms with E-state index < -0.39 is 0 Å². The van der Waals surface area contributed by atoms with Crippen LogP contribution in [0.1, 0.15) is 0 Å². The molecule has 0 aliphatic heterocycles. The molecule has 2 aromatic heterocycles. The van der Waals surface area contributed by atoms with Crippen LogP contribution in [0.25, 0.3) is 5.65 Å². The first kappa shape index (κ1) is 6.18. The number of anilines is 1. The first-order valence-electron chi connectivity index (χ1n) is 3.29. The summed E-state index contributed by atoms with van der Waals surface area (Å²) in [4.78, 5) is 4.09. The molecule has 0 spiro atoms. The Morgan fingerprint density at radius 3 is 3.18 bits per heavy atom.